The second-order valence-electron chi connectivity index (χ2n) is 10.1. The number of aryl methyl sites for hydroxylation is 2. The van der Waals surface area contributed by atoms with Gasteiger partial charge in [-0.05, 0) is 108 Å². The Kier molecular flexibility index (Phi) is 9.67. The number of benzene rings is 2. The van der Waals surface area contributed by atoms with Gasteiger partial charge >= 0.3 is 0 Å². The van der Waals surface area contributed by atoms with Crippen LogP contribution in [0.1, 0.15) is 138 Å². The molecule has 0 saturated heterocycles. The lowest BCUT2D eigenvalue weighted by Crippen LogP contribution is -2.09. The van der Waals surface area contributed by atoms with E-state index in [9.17, 15) is 0 Å². The molecule has 0 saturated carbocycles. The van der Waals surface area contributed by atoms with E-state index in [1.165, 1.54) is 33.4 Å². The predicted octanol–water partition coefficient (Wildman–Crippen LogP) is 8.69. The van der Waals surface area contributed by atoms with Crippen molar-refractivity contribution in [1.82, 2.24) is 0 Å². The fourth-order valence-electron chi connectivity index (χ4n) is 4.75. The molecular weight excluding hydrogens is 388 g/mol. The van der Waals surface area contributed by atoms with Gasteiger partial charge in [0.2, 0.25) is 0 Å². The van der Waals surface area contributed by atoms with Gasteiger partial charge in [0, 0.05) is 11.4 Å². The molecule has 0 aromatic heterocycles. The number of nitrogen functional groups attached to an aromatic ring is 2. The number of hydrogen-bond donors (Lipinski definition) is 2. The number of anilines is 2. The Balaban J connectivity index is 2.51. The van der Waals surface area contributed by atoms with Crippen LogP contribution in [0.2, 0.25) is 0 Å². The third kappa shape index (κ3) is 5.88. The summed E-state index contributed by atoms with van der Waals surface area (Å²) >= 11 is 0. The summed E-state index contributed by atoms with van der Waals surface area (Å²) in [6.07, 6.45) is 6.59. The molecule has 2 aromatic carbocycles. The number of nitrogens with two attached hydrogens (primary N) is 2. The van der Waals surface area contributed by atoms with Crippen LogP contribution in [0, 0.1) is 0 Å². The average molecular weight is 437 g/mol. The molecule has 2 nitrogen and oxygen atoms in total. The zero-order valence-corrected chi connectivity index (χ0v) is 22.0. The Morgan fingerprint density at radius 1 is 0.500 bits per heavy atom. The molecule has 0 aliphatic carbocycles. The summed E-state index contributed by atoms with van der Waals surface area (Å²) in [6.45, 7) is 18.3. The quantitative estimate of drug-likeness (QED) is 0.346. The summed E-state index contributed by atoms with van der Waals surface area (Å²) in [7, 11) is 0. The van der Waals surface area contributed by atoms with Crippen LogP contribution in [0.15, 0.2) is 24.3 Å². The highest BCUT2D eigenvalue weighted by atomic mass is 14.6. The van der Waals surface area contributed by atoms with Gasteiger partial charge in [-0.25, -0.2) is 0 Å². The van der Waals surface area contributed by atoms with Gasteiger partial charge < -0.3 is 11.5 Å². The second-order valence-corrected chi connectivity index (χ2v) is 10.1. The van der Waals surface area contributed by atoms with Crippen molar-refractivity contribution in [1.29, 1.82) is 0 Å². The standard InChI is InChI=1S/C30H48N2/c1-9-19(5)25-17-29(31)27(21(7)11-3)15-23(25)13-14-24-16-28(22(8)12-4)30(32)18-26(24)20(6)10-2/h15-22H,9-14,31-32H2,1-8H3. The molecule has 0 aliphatic rings. The lowest BCUT2D eigenvalue weighted by Gasteiger charge is -2.23. The van der Waals surface area contributed by atoms with Crippen LogP contribution in [0.3, 0.4) is 0 Å². The molecule has 32 heavy (non-hydrogen) atoms. The van der Waals surface area contributed by atoms with Crippen molar-refractivity contribution in [3.63, 3.8) is 0 Å². The fraction of sp³-hybridized carbons (Fsp3) is 0.600. The van der Waals surface area contributed by atoms with Crippen molar-refractivity contribution in [2.24, 2.45) is 0 Å². The first-order valence-electron chi connectivity index (χ1n) is 13.0. The van der Waals surface area contributed by atoms with Crippen LogP contribution in [-0.2, 0) is 12.8 Å². The third-order valence-electron chi connectivity index (χ3n) is 7.93. The van der Waals surface area contributed by atoms with Crippen LogP contribution in [0.25, 0.3) is 0 Å². The summed E-state index contributed by atoms with van der Waals surface area (Å²) in [5.41, 5.74) is 23.4. The summed E-state index contributed by atoms with van der Waals surface area (Å²) in [4.78, 5) is 0. The molecule has 0 amide bonds. The second kappa shape index (κ2) is 11.8. The Labute approximate surface area is 198 Å². The van der Waals surface area contributed by atoms with E-state index in [4.69, 9.17) is 11.5 Å². The van der Waals surface area contributed by atoms with E-state index >= 15 is 0 Å². The summed E-state index contributed by atoms with van der Waals surface area (Å²) in [5.74, 6) is 2.02. The minimum atomic E-state index is 0.490. The molecule has 4 atom stereocenters. The molecule has 178 valence electrons. The van der Waals surface area contributed by atoms with Crippen LogP contribution in [0.4, 0.5) is 11.4 Å². The van der Waals surface area contributed by atoms with Crippen LogP contribution < -0.4 is 11.5 Å². The van der Waals surface area contributed by atoms with Crippen molar-refractivity contribution < 1.29 is 0 Å². The molecule has 0 aliphatic heterocycles. The van der Waals surface area contributed by atoms with E-state index in [1.807, 2.05) is 0 Å². The SMILES string of the molecule is CCC(C)c1cc(CCc2cc(C(C)CC)c(N)cc2C(C)CC)c(C(C)CC)cc1N. The highest BCUT2D eigenvalue weighted by Gasteiger charge is 2.19. The zero-order chi connectivity index (χ0) is 24.0. The third-order valence-corrected chi connectivity index (χ3v) is 7.93. The topological polar surface area (TPSA) is 52.0 Å². The van der Waals surface area contributed by atoms with Gasteiger partial charge in [0.25, 0.3) is 0 Å². The van der Waals surface area contributed by atoms with Crippen LogP contribution >= 0.6 is 0 Å². The van der Waals surface area contributed by atoms with Gasteiger partial charge in [-0.1, -0.05) is 67.5 Å². The maximum Gasteiger partial charge on any atom is 0.0352 e. The highest BCUT2D eigenvalue weighted by Crippen LogP contribution is 2.36. The molecule has 2 heteroatoms. The van der Waals surface area contributed by atoms with Crippen molar-refractivity contribution in [2.75, 3.05) is 11.5 Å². The van der Waals surface area contributed by atoms with Crippen molar-refractivity contribution in [3.8, 4) is 0 Å². The molecule has 0 heterocycles. The lowest BCUT2D eigenvalue weighted by molar-refractivity contribution is 0.698. The van der Waals surface area contributed by atoms with Gasteiger partial charge in [0.15, 0.2) is 0 Å². The van der Waals surface area contributed by atoms with Gasteiger partial charge in [-0.2, -0.15) is 0 Å². The van der Waals surface area contributed by atoms with E-state index in [0.29, 0.717) is 23.7 Å². The first-order chi connectivity index (χ1) is 15.2. The zero-order valence-electron chi connectivity index (χ0n) is 22.0. The van der Waals surface area contributed by atoms with E-state index in [2.05, 4.69) is 79.7 Å². The number of hydrogen-bond acceptors (Lipinski definition) is 2. The first kappa shape index (κ1) is 26.3. The largest absolute Gasteiger partial charge is 0.398 e. The average Bonchev–Trinajstić information content (AvgIpc) is 2.81. The normalized spacial score (nSPS) is 15.4. The Hall–Kier alpha value is -1.96. The first-order valence-corrected chi connectivity index (χ1v) is 13.0. The number of rotatable bonds is 11. The fourth-order valence-corrected chi connectivity index (χ4v) is 4.75. The predicted molar refractivity (Wildman–Crippen MR) is 144 cm³/mol. The van der Waals surface area contributed by atoms with Gasteiger partial charge in [-0.3, -0.25) is 0 Å². The minimum Gasteiger partial charge on any atom is -0.398 e. The van der Waals surface area contributed by atoms with Crippen molar-refractivity contribution in [2.45, 2.75) is 118 Å². The smallest absolute Gasteiger partial charge is 0.0352 e. The summed E-state index contributed by atoms with van der Waals surface area (Å²) in [6, 6.07) is 9.38. The lowest BCUT2D eigenvalue weighted by atomic mass is 9.83. The van der Waals surface area contributed by atoms with E-state index in [0.717, 1.165) is 49.9 Å². The molecule has 4 unspecified atom stereocenters. The van der Waals surface area contributed by atoms with E-state index < -0.39 is 0 Å². The Morgan fingerprint density at radius 2 is 0.781 bits per heavy atom. The van der Waals surface area contributed by atoms with Crippen molar-refractivity contribution in [3.05, 3.63) is 57.6 Å². The monoisotopic (exact) mass is 436 g/mol. The Morgan fingerprint density at radius 3 is 1.06 bits per heavy atom. The molecule has 0 fully saturated rings. The van der Waals surface area contributed by atoms with Gasteiger partial charge in [-0.15, -0.1) is 0 Å². The minimum absolute atomic E-state index is 0.490. The van der Waals surface area contributed by atoms with Crippen molar-refractivity contribution >= 4 is 11.4 Å². The van der Waals surface area contributed by atoms with Crippen LogP contribution in [0.5, 0.6) is 0 Å². The maximum absolute atomic E-state index is 6.52. The van der Waals surface area contributed by atoms with Gasteiger partial charge in [0.05, 0.1) is 0 Å². The molecular formula is C30H48N2. The van der Waals surface area contributed by atoms with Gasteiger partial charge in [0.1, 0.15) is 0 Å². The van der Waals surface area contributed by atoms with Crippen LogP contribution in [-0.4, -0.2) is 0 Å². The maximum atomic E-state index is 6.52. The molecule has 2 aromatic rings. The summed E-state index contributed by atoms with van der Waals surface area (Å²) in [5, 5.41) is 0. The molecule has 0 bridgehead atoms. The molecule has 0 radical (unpaired) electrons. The van der Waals surface area contributed by atoms with E-state index in [-0.39, 0.29) is 0 Å². The van der Waals surface area contributed by atoms with E-state index in [1.54, 1.807) is 0 Å². The molecule has 2 rings (SSSR count). The summed E-state index contributed by atoms with van der Waals surface area (Å²) < 4.78 is 0. The molecule has 0 spiro atoms. The Bertz CT molecular complexity index is 809. The molecule has 4 N–H and O–H groups in total. The highest BCUT2D eigenvalue weighted by molar-refractivity contribution is 5.56.